The van der Waals surface area contributed by atoms with E-state index >= 15 is 0 Å². The Morgan fingerprint density at radius 3 is 2.42 bits per heavy atom. The molecule has 1 heterocycles. The zero-order chi connectivity index (χ0) is 24.0. The summed E-state index contributed by atoms with van der Waals surface area (Å²) in [6.07, 6.45) is 0.612. The van der Waals surface area contributed by atoms with Gasteiger partial charge in [0.2, 0.25) is 10.0 Å². The highest BCUT2D eigenvalue weighted by atomic mass is 35.5. The monoisotopic (exact) mass is 496 g/mol. The summed E-state index contributed by atoms with van der Waals surface area (Å²) in [6, 6.07) is 11.9. The lowest BCUT2D eigenvalue weighted by molar-refractivity contribution is -0.156. The van der Waals surface area contributed by atoms with Crippen molar-refractivity contribution < 1.29 is 27.1 Å². The lowest BCUT2D eigenvalue weighted by Gasteiger charge is -2.30. The number of ether oxygens (including phenoxy) is 1. The molecule has 10 heteroatoms. The number of carbonyl (C=O) groups excluding carboxylic acids is 2. The first kappa shape index (κ1) is 25.1. The molecule has 1 amide bonds. The molecule has 1 aliphatic heterocycles. The molecule has 2 aromatic carbocycles. The molecule has 1 fully saturated rings. The first-order valence-corrected chi connectivity index (χ1v) is 12.5. The van der Waals surface area contributed by atoms with Crippen molar-refractivity contribution in [1.82, 2.24) is 9.21 Å². The molecule has 7 nitrogen and oxygen atoms in total. The summed E-state index contributed by atoms with van der Waals surface area (Å²) >= 11 is 5.83. The van der Waals surface area contributed by atoms with Crippen LogP contribution in [0.2, 0.25) is 5.02 Å². The molecule has 178 valence electrons. The Hall–Kier alpha value is -2.49. The molecule has 0 spiro atoms. The number of nitrogens with zero attached hydrogens (tertiary/aromatic N) is 2. The number of likely N-dealkylation sites (N-methyl/N-ethyl adjacent to an activating group) is 1. The van der Waals surface area contributed by atoms with E-state index in [1.165, 1.54) is 45.6 Å². The van der Waals surface area contributed by atoms with Crippen LogP contribution in [0, 0.1) is 11.7 Å². The van der Waals surface area contributed by atoms with Gasteiger partial charge < -0.3 is 9.64 Å². The summed E-state index contributed by atoms with van der Waals surface area (Å²) in [5.74, 6) is -1.76. The number of halogens is 2. The molecule has 0 aromatic heterocycles. The van der Waals surface area contributed by atoms with Crippen LogP contribution in [0.1, 0.15) is 25.3 Å². The van der Waals surface area contributed by atoms with E-state index in [2.05, 4.69) is 0 Å². The average Bonchev–Trinajstić information content (AvgIpc) is 2.81. The molecule has 0 saturated carbocycles. The Bertz CT molecular complexity index is 1090. The maximum Gasteiger partial charge on any atom is 0.309 e. The summed E-state index contributed by atoms with van der Waals surface area (Å²) in [6.45, 7) is 2.33. The molecule has 0 unspecified atom stereocenters. The average molecular weight is 497 g/mol. The Kier molecular flexibility index (Phi) is 8.45. The van der Waals surface area contributed by atoms with E-state index in [-0.39, 0.29) is 36.3 Å². The van der Waals surface area contributed by atoms with Gasteiger partial charge in [-0.25, -0.2) is 12.8 Å². The van der Waals surface area contributed by atoms with Crippen LogP contribution in [-0.2, 0) is 30.9 Å². The topological polar surface area (TPSA) is 84.0 Å². The molecule has 0 aliphatic carbocycles. The van der Waals surface area contributed by atoms with Crippen LogP contribution in [-0.4, -0.2) is 55.7 Å². The molecule has 0 bridgehead atoms. The van der Waals surface area contributed by atoms with Gasteiger partial charge in [-0.1, -0.05) is 23.7 Å². The standard InChI is InChI=1S/C23H26ClFN2O5S/c1-2-26(15-17-4-3-5-20(25)14-17)22(28)16-32-23(29)18-10-12-27(13-11-18)33(30,31)21-8-6-19(24)7-9-21/h3-9,14,18H,2,10-13,15-16H2,1H3. The highest BCUT2D eigenvalue weighted by Gasteiger charge is 2.33. The maximum atomic E-state index is 13.4. The van der Waals surface area contributed by atoms with Crippen molar-refractivity contribution in [2.45, 2.75) is 31.2 Å². The fraction of sp³-hybridized carbons (Fsp3) is 0.391. The molecule has 3 rings (SSSR count). The minimum absolute atomic E-state index is 0.150. The smallest absolute Gasteiger partial charge is 0.309 e. The minimum Gasteiger partial charge on any atom is -0.455 e. The normalized spacial score (nSPS) is 15.2. The van der Waals surface area contributed by atoms with Crippen LogP contribution >= 0.6 is 11.6 Å². The molecule has 1 saturated heterocycles. The molecular weight excluding hydrogens is 471 g/mol. The first-order chi connectivity index (χ1) is 15.7. The minimum atomic E-state index is -3.67. The molecule has 1 aliphatic rings. The molecule has 2 aromatic rings. The van der Waals surface area contributed by atoms with Crippen molar-refractivity contribution in [2.75, 3.05) is 26.2 Å². The van der Waals surface area contributed by atoms with Gasteiger partial charge in [0.1, 0.15) is 5.82 Å². The third-order valence-electron chi connectivity index (χ3n) is 5.57. The van der Waals surface area contributed by atoms with E-state index in [1.54, 1.807) is 19.1 Å². The lowest BCUT2D eigenvalue weighted by atomic mass is 9.98. The third-order valence-corrected chi connectivity index (χ3v) is 7.74. The predicted octanol–water partition coefficient (Wildman–Crippen LogP) is 3.47. The summed E-state index contributed by atoms with van der Waals surface area (Å²) in [5, 5.41) is 0.447. The summed E-state index contributed by atoms with van der Waals surface area (Å²) in [5.41, 5.74) is 0.644. The maximum absolute atomic E-state index is 13.4. The number of hydrogen-bond donors (Lipinski definition) is 0. The van der Waals surface area contributed by atoms with Gasteiger partial charge in [0, 0.05) is 31.2 Å². The number of piperidine rings is 1. The van der Waals surface area contributed by atoms with Crippen molar-refractivity contribution in [3.8, 4) is 0 Å². The largest absolute Gasteiger partial charge is 0.455 e. The second-order valence-corrected chi connectivity index (χ2v) is 10.2. The number of benzene rings is 2. The van der Waals surface area contributed by atoms with E-state index in [0.29, 0.717) is 30.0 Å². The van der Waals surface area contributed by atoms with E-state index in [4.69, 9.17) is 16.3 Å². The quantitative estimate of drug-likeness (QED) is 0.522. The molecule has 0 atom stereocenters. The van der Waals surface area contributed by atoms with Crippen LogP contribution in [0.25, 0.3) is 0 Å². The zero-order valence-corrected chi connectivity index (χ0v) is 19.8. The van der Waals surface area contributed by atoms with Crippen LogP contribution in [0.15, 0.2) is 53.4 Å². The SMILES string of the molecule is CCN(Cc1cccc(F)c1)C(=O)COC(=O)C1CCN(S(=O)(=O)c2ccc(Cl)cc2)CC1. The van der Waals surface area contributed by atoms with Crippen LogP contribution < -0.4 is 0 Å². The first-order valence-electron chi connectivity index (χ1n) is 10.6. The summed E-state index contributed by atoms with van der Waals surface area (Å²) < 4.78 is 45.5. The van der Waals surface area contributed by atoms with Gasteiger partial charge in [-0.2, -0.15) is 4.31 Å². The van der Waals surface area contributed by atoms with Crippen molar-refractivity contribution in [1.29, 1.82) is 0 Å². The fourth-order valence-electron chi connectivity index (χ4n) is 3.66. The van der Waals surface area contributed by atoms with Gasteiger partial charge in [-0.3, -0.25) is 9.59 Å². The molecule has 0 N–H and O–H groups in total. The third kappa shape index (κ3) is 6.52. The van der Waals surface area contributed by atoms with Gasteiger partial charge in [-0.15, -0.1) is 0 Å². The highest BCUT2D eigenvalue weighted by Crippen LogP contribution is 2.25. The molecule has 33 heavy (non-hydrogen) atoms. The number of esters is 1. The van der Waals surface area contributed by atoms with Gasteiger partial charge in [0.25, 0.3) is 5.91 Å². The van der Waals surface area contributed by atoms with Crippen molar-refractivity contribution >= 4 is 33.5 Å². The molecule has 0 radical (unpaired) electrons. The van der Waals surface area contributed by atoms with Gasteiger partial charge >= 0.3 is 5.97 Å². The predicted molar refractivity (Wildman–Crippen MR) is 121 cm³/mol. The Morgan fingerprint density at radius 1 is 1.15 bits per heavy atom. The number of carbonyl (C=O) groups is 2. The van der Waals surface area contributed by atoms with E-state index < -0.39 is 28.5 Å². The van der Waals surface area contributed by atoms with Crippen molar-refractivity contribution in [3.63, 3.8) is 0 Å². The van der Waals surface area contributed by atoms with Crippen LogP contribution in [0.4, 0.5) is 4.39 Å². The van der Waals surface area contributed by atoms with Gasteiger partial charge in [0.05, 0.1) is 10.8 Å². The lowest BCUT2D eigenvalue weighted by Crippen LogP contribution is -2.41. The summed E-state index contributed by atoms with van der Waals surface area (Å²) in [7, 11) is -3.67. The Balaban J connectivity index is 1.49. The highest BCUT2D eigenvalue weighted by molar-refractivity contribution is 7.89. The van der Waals surface area contributed by atoms with Crippen LogP contribution in [0.3, 0.4) is 0 Å². The van der Waals surface area contributed by atoms with Gasteiger partial charge in [-0.05, 0) is 61.7 Å². The number of amides is 1. The molecular formula is C23H26ClFN2O5S. The number of rotatable bonds is 8. The van der Waals surface area contributed by atoms with Crippen molar-refractivity contribution in [2.24, 2.45) is 5.92 Å². The number of hydrogen-bond acceptors (Lipinski definition) is 5. The number of sulfonamides is 1. The second kappa shape index (κ2) is 11.1. The van der Waals surface area contributed by atoms with Crippen molar-refractivity contribution in [3.05, 3.63) is 64.9 Å². The second-order valence-electron chi connectivity index (χ2n) is 7.78. The Morgan fingerprint density at radius 2 is 1.82 bits per heavy atom. The van der Waals surface area contributed by atoms with E-state index in [9.17, 15) is 22.4 Å². The van der Waals surface area contributed by atoms with E-state index in [0.717, 1.165) is 0 Å². The summed E-state index contributed by atoms with van der Waals surface area (Å²) in [4.78, 5) is 26.6. The van der Waals surface area contributed by atoms with Gasteiger partial charge in [0.15, 0.2) is 6.61 Å². The van der Waals surface area contributed by atoms with E-state index in [1.807, 2.05) is 0 Å². The van der Waals surface area contributed by atoms with Crippen LogP contribution in [0.5, 0.6) is 0 Å². The fourth-order valence-corrected chi connectivity index (χ4v) is 5.26. The zero-order valence-electron chi connectivity index (χ0n) is 18.2. The Labute approximate surface area is 198 Å².